The van der Waals surface area contributed by atoms with Crippen LogP contribution in [-0.4, -0.2) is 30.4 Å². The highest BCUT2D eigenvalue weighted by atomic mass is 32.2. The maximum atomic E-state index is 10.6. The van der Waals surface area contributed by atoms with Crippen molar-refractivity contribution < 1.29 is 9.63 Å². The summed E-state index contributed by atoms with van der Waals surface area (Å²) in [5.74, 6) is 0.997. The van der Waals surface area contributed by atoms with Crippen molar-refractivity contribution in [2.24, 2.45) is 5.16 Å². The number of nitrogens with zero attached hydrogens (tertiary/aromatic N) is 1. The molecular weight excluding hydrogens is 200 g/mol. The zero-order valence-corrected chi connectivity index (χ0v) is 9.34. The third kappa shape index (κ3) is 7.67. The van der Waals surface area contributed by atoms with E-state index in [2.05, 4.69) is 21.9 Å². The number of hydrogen-bond acceptors (Lipinski definition) is 4. The van der Waals surface area contributed by atoms with Gasteiger partial charge < -0.3 is 5.32 Å². The molecule has 0 radical (unpaired) electrons. The Morgan fingerprint density at radius 1 is 1.79 bits per heavy atom. The minimum absolute atomic E-state index is 0.236. The Morgan fingerprint density at radius 2 is 2.50 bits per heavy atom. The van der Waals surface area contributed by atoms with Crippen LogP contribution in [0.15, 0.2) is 17.8 Å². The maximum absolute atomic E-state index is 10.6. The summed E-state index contributed by atoms with van der Waals surface area (Å²) in [6, 6.07) is 0. The third-order valence-corrected chi connectivity index (χ3v) is 2.43. The lowest BCUT2D eigenvalue weighted by molar-refractivity contribution is 0.153. The molecule has 1 N–H and O–H groups in total. The average Bonchev–Trinajstić information content (AvgIpc) is 2.18. The van der Waals surface area contributed by atoms with E-state index in [0.29, 0.717) is 0 Å². The van der Waals surface area contributed by atoms with Crippen LogP contribution in [0.1, 0.15) is 13.3 Å². The van der Waals surface area contributed by atoms with E-state index in [0.717, 1.165) is 12.2 Å². The standard InChI is InChI=1S/C9H16N2O2S/c1-4-5-6-14-8(2)7-11-13-9(12)10-3/h4,7-8H,1,5-6H2,2-3H3,(H,10,12). The number of rotatable bonds is 6. The summed E-state index contributed by atoms with van der Waals surface area (Å²) in [5.41, 5.74) is 0. The zero-order chi connectivity index (χ0) is 10.8. The van der Waals surface area contributed by atoms with E-state index >= 15 is 0 Å². The Hall–Kier alpha value is -0.970. The van der Waals surface area contributed by atoms with Crippen molar-refractivity contribution in [2.75, 3.05) is 12.8 Å². The fourth-order valence-electron chi connectivity index (χ4n) is 0.590. The molecular formula is C9H16N2O2S. The average molecular weight is 216 g/mol. The molecule has 0 aliphatic heterocycles. The van der Waals surface area contributed by atoms with Crippen molar-refractivity contribution in [3.63, 3.8) is 0 Å². The van der Waals surface area contributed by atoms with Gasteiger partial charge in [0.1, 0.15) is 0 Å². The van der Waals surface area contributed by atoms with E-state index in [1.165, 1.54) is 7.05 Å². The fraction of sp³-hybridized carbons (Fsp3) is 0.556. The van der Waals surface area contributed by atoms with Gasteiger partial charge in [0.2, 0.25) is 0 Å². The van der Waals surface area contributed by atoms with Gasteiger partial charge in [0, 0.05) is 12.3 Å². The van der Waals surface area contributed by atoms with E-state index in [1.807, 2.05) is 13.0 Å². The second-order valence-electron chi connectivity index (χ2n) is 2.54. The Balaban J connectivity index is 3.54. The van der Waals surface area contributed by atoms with Crippen LogP contribution in [0, 0.1) is 0 Å². The lowest BCUT2D eigenvalue weighted by Crippen LogP contribution is -2.17. The van der Waals surface area contributed by atoms with Crippen molar-refractivity contribution >= 4 is 24.1 Å². The number of nitrogens with one attached hydrogen (secondary N) is 1. The Labute approximate surface area is 88.8 Å². The van der Waals surface area contributed by atoms with Gasteiger partial charge in [0.05, 0.1) is 6.21 Å². The van der Waals surface area contributed by atoms with Gasteiger partial charge in [-0.25, -0.2) is 4.79 Å². The van der Waals surface area contributed by atoms with Crippen molar-refractivity contribution in [1.82, 2.24) is 5.32 Å². The highest BCUT2D eigenvalue weighted by molar-refractivity contribution is 8.00. The first-order valence-corrected chi connectivity index (χ1v) is 5.40. The van der Waals surface area contributed by atoms with E-state index in [1.54, 1.807) is 18.0 Å². The van der Waals surface area contributed by atoms with E-state index in [4.69, 9.17) is 0 Å². The molecule has 1 unspecified atom stereocenters. The predicted octanol–water partition coefficient (Wildman–Crippen LogP) is 2.03. The van der Waals surface area contributed by atoms with E-state index in [-0.39, 0.29) is 5.25 Å². The molecule has 4 nitrogen and oxygen atoms in total. The van der Waals surface area contributed by atoms with Gasteiger partial charge in [-0.2, -0.15) is 11.8 Å². The lowest BCUT2D eigenvalue weighted by atomic mass is 10.5. The second-order valence-corrected chi connectivity index (χ2v) is 4.02. The molecule has 1 atom stereocenters. The first kappa shape index (κ1) is 13.0. The summed E-state index contributed by atoms with van der Waals surface area (Å²) in [6.07, 6.45) is 3.89. The fourth-order valence-corrected chi connectivity index (χ4v) is 1.40. The molecule has 0 aromatic carbocycles. The summed E-state index contributed by atoms with van der Waals surface area (Å²) in [4.78, 5) is 15.0. The molecule has 1 amide bonds. The first-order valence-electron chi connectivity index (χ1n) is 4.35. The molecule has 0 aromatic rings. The summed E-state index contributed by atoms with van der Waals surface area (Å²) in [7, 11) is 1.49. The Bertz CT molecular complexity index is 207. The minimum Gasteiger partial charge on any atom is -0.323 e. The first-order chi connectivity index (χ1) is 6.70. The van der Waals surface area contributed by atoms with Crippen molar-refractivity contribution in [2.45, 2.75) is 18.6 Å². The predicted molar refractivity (Wildman–Crippen MR) is 60.8 cm³/mol. The largest absolute Gasteiger partial charge is 0.433 e. The third-order valence-electron chi connectivity index (χ3n) is 1.31. The van der Waals surface area contributed by atoms with Gasteiger partial charge >= 0.3 is 6.09 Å². The van der Waals surface area contributed by atoms with Gasteiger partial charge in [-0.15, -0.1) is 6.58 Å². The minimum atomic E-state index is -0.551. The quantitative estimate of drug-likeness (QED) is 0.243. The molecule has 5 heteroatoms. The topological polar surface area (TPSA) is 50.7 Å². The van der Waals surface area contributed by atoms with Crippen LogP contribution in [0.25, 0.3) is 0 Å². The molecule has 14 heavy (non-hydrogen) atoms. The summed E-state index contributed by atoms with van der Waals surface area (Å²) >= 11 is 1.73. The van der Waals surface area contributed by atoms with Crippen LogP contribution in [0.3, 0.4) is 0 Å². The number of oxime groups is 1. The SMILES string of the molecule is C=CCCSC(C)C=NOC(=O)NC. The number of allylic oxidation sites excluding steroid dienone is 1. The van der Waals surface area contributed by atoms with Gasteiger partial charge in [-0.1, -0.05) is 11.2 Å². The Kier molecular flexibility index (Phi) is 8.02. The van der Waals surface area contributed by atoms with Crippen molar-refractivity contribution in [3.8, 4) is 0 Å². The van der Waals surface area contributed by atoms with Crippen LogP contribution in [0.5, 0.6) is 0 Å². The molecule has 0 aromatic heterocycles. The maximum Gasteiger partial charge on any atom is 0.433 e. The van der Waals surface area contributed by atoms with Crippen molar-refractivity contribution in [3.05, 3.63) is 12.7 Å². The molecule has 0 rings (SSSR count). The number of carbonyl (C=O) groups excluding carboxylic acids is 1. The van der Waals surface area contributed by atoms with Gasteiger partial charge in [0.15, 0.2) is 0 Å². The molecule has 0 saturated carbocycles. The Morgan fingerprint density at radius 3 is 3.07 bits per heavy atom. The van der Waals surface area contributed by atoms with Crippen LogP contribution in [-0.2, 0) is 4.84 Å². The van der Waals surface area contributed by atoms with E-state index in [9.17, 15) is 4.79 Å². The lowest BCUT2D eigenvalue weighted by Gasteiger charge is -2.02. The normalized spacial score (nSPS) is 12.4. The van der Waals surface area contributed by atoms with E-state index < -0.39 is 6.09 Å². The van der Waals surface area contributed by atoms with Crippen LogP contribution >= 0.6 is 11.8 Å². The van der Waals surface area contributed by atoms with Gasteiger partial charge in [0.25, 0.3) is 0 Å². The number of carbonyl (C=O) groups is 1. The molecule has 0 aliphatic rings. The van der Waals surface area contributed by atoms with Crippen LogP contribution in [0.2, 0.25) is 0 Å². The number of amides is 1. The van der Waals surface area contributed by atoms with Gasteiger partial charge in [-0.3, -0.25) is 4.84 Å². The molecule has 0 aliphatic carbocycles. The molecule has 0 fully saturated rings. The van der Waals surface area contributed by atoms with Crippen LogP contribution < -0.4 is 5.32 Å². The zero-order valence-electron chi connectivity index (χ0n) is 8.53. The molecule has 0 bridgehead atoms. The molecule has 0 saturated heterocycles. The summed E-state index contributed by atoms with van der Waals surface area (Å²) in [6.45, 7) is 5.62. The van der Waals surface area contributed by atoms with Crippen molar-refractivity contribution in [1.29, 1.82) is 0 Å². The highest BCUT2D eigenvalue weighted by Crippen LogP contribution is 2.09. The smallest absolute Gasteiger partial charge is 0.323 e. The monoisotopic (exact) mass is 216 g/mol. The number of hydrogen-bond donors (Lipinski definition) is 1. The highest BCUT2D eigenvalue weighted by Gasteiger charge is 1.98. The molecule has 0 heterocycles. The summed E-state index contributed by atoms with van der Waals surface area (Å²) in [5, 5.41) is 6.07. The second kappa shape index (κ2) is 8.62. The van der Waals surface area contributed by atoms with Gasteiger partial charge in [-0.05, 0) is 19.1 Å². The molecule has 80 valence electrons. The van der Waals surface area contributed by atoms with Crippen LogP contribution in [0.4, 0.5) is 4.79 Å². The number of thioether (sulfide) groups is 1. The summed E-state index contributed by atoms with van der Waals surface area (Å²) < 4.78 is 0. The molecule has 0 spiro atoms.